The van der Waals surface area contributed by atoms with Crippen LogP contribution in [-0.4, -0.2) is 57.1 Å². The van der Waals surface area contributed by atoms with Crippen LogP contribution in [0.4, 0.5) is 5.82 Å². The zero-order valence-electron chi connectivity index (χ0n) is 15.8. The molecule has 1 aliphatic rings. The lowest BCUT2D eigenvalue weighted by molar-refractivity contribution is 0.0690. The van der Waals surface area contributed by atoms with Crippen molar-refractivity contribution in [2.24, 2.45) is 0 Å². The van der Waals surface area contributed by atoms with Crippen LogP contribution in [0.1, 0.15) is 21.6 Å². The van der Waals surface area contributed by atoms with Crippen LogP contribution in [0.3, 0.4) is 0 Å². The zero-order chi connectivity index (χ0) is 19.5. The predicted molar refractivity (Wildman–Crippen MR) is 107 cm³/mol. The summed E-state index contributed by atoms with van der Waals surface area (Å²) < 4.78 is 0. The van der Waals surface area contributed by atoms with Crippen molar-refractivity contribution < 1.29 is 9.90 Å². The van der Waals surface area contributed by atoms with Crippen molar-refractivity contribution in [2.75, 3.05) is 31.1 Å². The van der Waals surface area contributed by atoms with Gasteiger partial charge in [0.1, 0.15) is 0 Å². The first-order valence-corrected chi connectivity index (χ1v) is 9.39. The van der Waals surface area contributed by atoms with Gasteiger partial charge < -0.3 is 10.0 Å². The van der Waals surface area contributed by atoms with Crippen LogP contribution >= 0.6 is 0 Å². The molecule has 0 saturated carbocycles. The Hall–Kier alpha value is -3.19. The second-order valence-electron chi connectivity index (χ2n) is 7.05. The van der Waals surface area contributed by atoms with Gasteiger partial charge in [-0.25, -0.2) is 4.79 Å². The number of carboxylic acids is 1. The fraction of sp³-hybridized carbons (Fsp3) is 0.286. The van der Waals surface area contributed by atoms with Crippen molar-refractivity contribution in [1.29, 1.82) is 0 Å². The van der Waals surface area contributed by atoms with Gasteiger partial charge in [-0.1, -0.05) is 48.0 Å². The summed E-state index contributed by atoms with van der Waals surface area (Å²) in [6, 6.07) is 18.1. The van der Waals surface area contributed by atoms with Crippen LogP contribution in [0, 0.1) is 6.92 Å². The summed E-state index contributed by atoms with van der Waals surface area (Å²) in [5, 5.41) is 18.3. The zero-order valence-corrected chi connectivity index (χ0v) is 15.8. The summed E-state index contributed by atoms with van der Waals surface area (Å²) in [4.78, 5) is 17.5. The largest absolute Gasteiger partial charge is 0.476 e. The Bertz CT molecular complexity index is 945. The summed E-state index contributed by atoms with van der Waals surface area (Å²) in [5.74, 6) is -0.618. The number of hydrogen-bond donors (Lipinski definition) is 1. The van der Waals surface area contributed by atoms with E-state index in [2.05, 4.69) is 27.2 Å². The van der Waals surface area contributed by atoms with E-state index in [0.717, 1.165) is 44.0 Å². The van der Waals surface area contributed by atoms with E-state index in [1.54, 1.807) is 0 Å². The minimum atomic E-state index is -1.06. The van der Waals surface area contributed by atoms with Crippen LogP contribution < -0.4 is 4.90 Å². The molecule has 0 radical (unpaired) electrons. The number of anilines is 1. The normalized spacial score (nSPS) is 15.0. The lowest BCUT2D eigenvalue weighted by Crippen LogP contribution is -2.46. The third-order valence-corrected chi connectivity index (χ3v) is 4.98. The van der Waals surface area contributed by atoms with Gasteiger partial charge in [-0.3, -0.25) is 4.90 Å². The monoisotopic (exact) mass is 377 g/mol. The Kier molecular flexibility index (Phi) is 5.08. The smallest absolute Gasteiger partial charge is 0.360 e. The summed E-state index contributed by atoms with van der Waals surface area (Å²) in [5.41, 5.74) is 3.16. The van der Waals surface area contributed by atoms with E-state index in [9.17, 15) is 9.90 Å². The van der Waals surface area contributed by atoms with E-state index in [1.807, 2.05) is 54.3 Å². The molecule has 2 heterocycles. The Morgan fingerprint density at radius 1 is 0.964 bits per heavy atom. The van der Waals surface area contributed by atoms with Gasteiger partial charge in [0.2, 0.25) is 5.69 Å². The number of carboxylic acid groups (broad SMARTS) is 1. The molecule has 1 N–H and O–H groups in total. The lowest BCUT2D eigenvalue weighted by Gasteiger charge is -2.34. The maximum atomic E-state index is 11.7. The molecular formula is C21H23N5O2. The van der Waals surface area contributed by atoms with Crippen molar-refractivity contribution in [3.05, 3.63) is 71.4 Å². The molecule has 2 aromatic carbocycles. The average molecular weight is 377 g/mol. The highest BCUT2D eigenvalue weighted by atomic mass is 16.4. The molecule has 1 aromatic heterocycles. The molecule has 28 heavy (non-hydrogen) atoms. The van der Waals surface area contributed by atoms with Crippen LogP contribution in [0.15, 0.2) is 54.6 Å². The van der Waals surface area contributed by atoms with Crippen LogP contribution in [0.5, 0.6) is 0 Å². The summed E-state index contributed by atoms with van der Waals surface area (Å²) in [6.45, 7) is 6.05. The number of benzene rings is 2. The number of aryl methyl sites for hydroxylation is 1. The Balaban J connectivity index is 1.49. The second-order valence-corrected chi connectivity index (χ2v) is 7.05. The first-order chi connectivity index (χ1) is 13.6. The van der Waals surface area contributed by atoms with Gasteiger partial charge in [0, 0.05) is 32.7 Å². The Morgan fingerprint density at radius 3 is 2.29 bits per heavy atom. The van der Waals surface area contributed by atoms with Gasteiger partial charge in [0.15, 0.2) is 5.82 Å². The minimum absolute atomic E-state index is 0.00270. The van der Waals surface area contributed by atoms with Crippen molar-refractivity contribution in [3.63, 3.8) is 0 Å². The van der Waals surface area contributed by atoms with Crippen molar-refractivity contribution in [3.8, 4) is 5.69 Å². The minimum Gasteiger partial charge on any atom is -0.476 e. The molecule has 0 aliphatic carbocycles. The molecule has 3 aromatic rings. The quantitative estimate of drug-likeness (QED) is 0.737. The van der Waals surface area contributed by atoms with Crippen LogP contribution in [-0.2, 0) is 6.54 Å². The fourth-order valence-corrected chi connectivity index (χ4v) is 3.40. The van der Waals surface area contributed by atoms with Gasteiger partial charge in [-0.15, -0.1) is 15.0 Å². The molecule has 0 amide bonds. The molecule has 0 spiro atoms. The summed E-state index contributed by atoms with van der Waals surface area (Å²) >= 11 is 0. The molecule has 0 unspecified atom stereocenters. The molecule has 1 saturated heterocycles. The highest BCUT2D eigenvalue weighted by Gasteiger charge is 2.26. The number of carbonyl (C=O) groups is 1. The van der Waals surface area contributed by atoms with Gasteiger partial charge in [0.25, 0.3) is 0 Å². The maximum absolute atomic E-state index is 11.7. The number of aromatic nitrogens is 3. The second kappa shape index (κ2) is 7.82. The summed E-state index contributed by atoms with van der Waals surface area (Å²) in [6.07, 6.45) is 0. The number of piperazine rings is 1. The van der Waals surface area contributed by atoms with Crippen molar-refractivity contribution in [1.82, 2.24) is 19.9 Å². The van der Waals surface area contributed by atoms with Crippen molar-refractivity contribution in [2.45, 2.75) is 13.5 Å². The van der Waals surface area contributed by atoms with Gasteiger partial charge in [-0.2, -0.15) is 0 Å². The van der Waals surface area contributed by atoms with Crippen LogP contribution in [0.25, 0.3) is 5.69 Å². The summed E-state index contributed by atoms with van der Waals surface area (Å²) in [7, 11) is 0. The Labute approximate surface area is 163 Å². The third kappa shape index (κ3) is 3.89. The molecular weight excluding hydrogens is 354 g/mol. The molecule has 4 rings (SSSR count). The van der Waals surface area contributed by atoms with Gasteiger partial charge in [0.05, 0.1) is 5.69 Å². The van der Waals surface area contributed by atoms with E-state index >= 15 is 0 Å². The van der Waals surface area contributed by atoms with Crippen LogP contribution in [0.2, 0.25) is 0 Å². The fourth-order valence-electron chi connectivity index (χ4n) is 3.40. The lowest BCUT2D eigenvalue weighted by atomic mass is 10.2. The molecule has 7 nitrogen and oxygen atoms in total. The standard InChI is InChI=1S/C21H23N5O2/c1-16-7-9-18(10-8-16)26-22-19(21(27)28)20(23-26)25-13-11-24(12-14-25)15-17-5-3-2-4-6-17/h2-10H,11-15H2,1H3,(H,27,28). The van der Waals surface area contributed by atoms with E-state index in [1.165, 1.54) is 10.4 Å². The molecule has 0 bridgehead atoms. The third-order valence-electron chi connectivity index (χ3n) is 4.98. The molecule has 1 aliphatic heterocycles. The van der Waals surface area contributed by atoms with E-state index in [0.29, 0.717) is 5.82 Å². The molecule has 144 valence electrons. The predicted octanol–water partition coefficient (Wildman–Crippen LogP) is 2.60. The van der Waals surface area contributed by atoms with Gasteiger partial charge in [-0.05, 0) is 24.6 Å². The first kappa shape index (κ1) is 18.2. The van der Waals surface area contributed by atoms with E-state index < -0.39 is 5.97 Å². The van der Waals surface area contributed by atoms with Crippen molar-refractivity contribution >= 4 is 11.8 Å². The SMILES string of the molecule is Cc1ccc(-n2nc(C(=O)O)c(N3CCN(Cc4ccccc4)CC3)n2)cc1. The van der Waals surface area contributed by atoms with Gasteiger partial charge >= 0.3 is 5.97 Å². The highest BCUT2D eigenvalue weighted by molar-refractivity contribution is 5.91. The van der Waals surface area contributed by atoms with E-state index in [4.69, 9.17) is 0 Å². The maximum Gasteiger partial charge on any atom is 0.360 e. The average Bonchev–Trinajstić information content (AvgIpc) is 3.16. The van der Waals surface area contributed by atoms with E-state index in [-0.39, 0.29) is 5.69 Å². The number of rotatable bonds is 5. The Morgan fingerprint density at radius 2 is 1.64 bits per heavy atom. The molecule has 0 atom stereocenters. The highest BCUT2D eigenvalue weighted by Crippen LogP contribution is 2.21. The molecule has 7 heteroatoms. The number of aromatic carboxylic acids is 1. The first-order valence-electron chi connectivity index (χ1n) is 9.39. The molecule has 1 fully saturated rings. The number of hydrogen-bond acceptors (Lipinski definition) is 5. The number of nitrogens with zero attached hydrogens (tertiary/aromatic N) is 5. The topological polar surface area (TPSA) is 74.5 Å².